The van der Waals surface area contributed by atoms with Gasteiger partial charge >= 0.3 is 0 Å². The van der Waals surface area contributed by atoms with Crippen molar-refractivity contribution < 1.29 is 0 Å². The number of hydrogen-bond acceptors (Lipinski definition) is 0. The molecule has 0 spiro atoms. The van der Waals surface area contributed by atoms with Gasteiger partial charge in [0.05, 0.1) is 0 Å². The van der Waals surface area contributed by atoms with E-state index in [0.29, 0.717) is 0 Å². The fourth-order valence-corrected chi connectivity index (χ4v) is 1.08. The van der Waals surface area contributed by atoms with E-state index in [9.17, 15) is 0 Å². The lowest BCUT2D eigenvalue weighted by Gasteiger charge is -2.03. The van der Waals surface area contributed by atoms with Crippen LogP contribution in [0, 0.1) is 0 Å². The maximum Gasteiger partial charge on any atom is 0.0106 e. The molecule has 0 aliphatic heterocycles. The molecule has 0 atom stereocenters. The zero-order valence-corrected chi connectivity index (χ0v) is 9.25. The van der Waals surface area contributed by atoms with Crippen molar-refractivity contribution in [2.75, 3.05) is 0 Å². The van der Waals surface area contributed by atoms with E-state index in [4.69, 9.17) is 0 Å². The van der Waals surface area contributed by atoms with Gasteiger partial charge in [0.2, 0.25) is 0 Å². The smallest absolute Gasteiger partial charge is 0.0106 e. The molecule has 0 radical (unpaired) electrons. The molecule has 0 nitrogen and oxygen atoms in total. The van der Waals surface area contributed by atoms with Crippen LogP contribution < -0.4 is 0 Å². The normalized spacial score (nSPS) is 11.2. The molecule has 0 N–H and O–H groups in total. The van der Waals surface area contributed by atoms with E-state index < -0.39 is 0 Å². The fourth-order valence-electron chi connectivity index (χ4n) is 0.738. The van der Waals surface area contributed by atoms with Crippen molar-refractivity contribution in [2.24, 2.45) is 0 Å². The summed E-state index contributed by atoms with van der Waals surface area (Å²) in [5, 5.41) is 0. The summed E-state index contributed by atoms with van der Waals surface area (Å²) in [6, 6.07) is 0. The van der Waals surface area contributed by atoms with Crippen LogP contribution in [0.25, 0.3) is 0 Å². The predicted octanol–water partition coefficient (Wildman–Crippen LogP) is 4.20. The second kappa shape index (κ2) is 4.55. The topological polar surface area (TPSA) is 0 Å². The van der Waals surface area contributed by atoms with Crippen LogP contribution in [0.3, 0.4) is 0 Å². The van der Waals surface area contributed by atoms with Gasteiger partial charge in [-0.05, 0) is 44.9 Å². The van der Waals surface area contributed by atoms with Crippen molar-refractivity contribution in [3.05, 3.63) is 33.9 Å². The maximum atomic E-state index is 3.75. The highest BCUT2D eigenvalue weighted by Gasteiger charge is 1.94. The third-order valence-corrected chi connectivity index (χ3v) is 1.94. The van der Waals surface area contributed by atoms with E-state index in [-0.39, 0.29) is 0 Å². The standard InChI is InChI=1S/C10H15Br/c1-7(2)10(5)8(3)6-9(4)11/h6H,4H2,1-3,5H3. The minimum absolute atomic E-state index is 0.926. The van der Waals surface area contributed by atoms with Gasteiger partial charge in [0, 0.05) is 4.48 Å². The molecule has 1 heteroatoms. The minimum atomic E-state index is 0.926. The molecule has 0 aliphatic carbocycles. The first-order valence-corrected chi connectivity index (χ1v) is 4.41. The van der Waals surface area contributed by atoms with Crippen LogP contribution in [0.4, 0.5) is 0 Å². The van der Waals surface area contributed by atoms with Crippen LogP contribution in [0.15, 0.2) is 33.9 Å². The summed E-state index contributed by atoms with van der Waals surface area (Å²) < 4.78 is 0.926. The molecule has 0 fully saturated rings. The number of allylic oxidation sites excluding steroid dienone is 5. The zero-order valence-electron chi connectivity index (χ0n) is 7.66. The zero-order chi connectivity index (χ0) is 9.02. The first kappa shape index (κ1) is 10.7. The Morgan fingerprint density at radius 3 is 1.91 bits per heavy atom. The summed E-state index contributed by atoms with van der Waals surface area (Å²) in [5.41, 5.74) is 3.96. The molecular weight excluding hydrogens is 200 g/mol. The summed E-state index contributed by atoms with van der Waals surface area (Å²) in [5.74, 6) is 0. The van der Waals surface area contributed by atoms with Crippen molar-refractivity contribution in [1.82, 2.24) is 0 Å². The van der Waals surface area contributed by atoms with Crippen molar-refractivity contribution in [2.45, 2.75) is 27.7 Å². The first-order chi connectivity index (χ1) is 4.95. The molecule has 0 aromatic rings. The lowest BCUT2D eigenvalue weighted by atomic mass is 10.1. The Morgan fingerprint density at radius 1 is 1.18 bits per heavy atom. The summed E-state index contributed by atoms with van der Waals surface area (Å²) in [6.07, 6.45) is 2.03. The number of rotatable bonds is 2. The molecule has 0 bridgehead atoms. The lowest BCUT2D eigenvalue weighted by Crippen LogP contribution is -1.82. The molecule has 62 valence electrons. The summed E-state index contributed by atoms with van der Waals surface area (Å²) in [6.45, 7) is 12.2. The van der Waals surface area contributed by atoms with Crippen LogP contribution in [-0.2, 0) is 0 Å². The number of halogens is 1. The van der Waals surface area contributed by atoms with Crippen LogP contribution >= 0.6 is 15.9 Å². The van der Waals surface area contributed by atoms with Gasteiger partial charge in [-0.15, -0.1) is 0 Å². The van der Waals surface area contributed by atoms with Crippen molar-refractivity contribution in [1.29, 1.82) is 0 Å². The van der Waals surface area contributed by atoms with Gasteiger partial charge in [-0.1, -0.05) is 28.1 Å². The van der Waals surface area contributed by atoms with Crippen molar-refractivity contribution >= 4 is 15.9 Å². The molecule has 0 aromatic carbocycles. The van der Waals surface area contributed by atoms with Crippen LogP contribution in [0.5, 0.6) is 0 Å². The van der Waals surface area contributed by atoms with E-state index in [1.165, 1.54) is 16.7 Å². The fraction of sp³-hybridized carbons (Fsp3) is 0.400. The monoisotopic (exact) mass is 214 g/mol. The molecule has 0 aliphatic rings. The highest BCUT2D eigenvalue weighted by molar-refractivity contribution is 9.11. The molecule has 11 heavy (non-hydrogen) atoms. The third kappa shape index (κ3) is 4.20. The molecule has 0 amide bonds. The van der Waals surface area contributed by atoms with E-state index in [2.05, 4.69) is 50.2 Å². The Balaban J connectivity index is 4.63. The highest BCUT2D eigenvalue weighted by Crippen LogP contribution is 2.16. The minimum Gasteiger partial charge on any atom is -0.0847 e. The van der Waals surface area contributed by atoms with Crippen molar-refractivity contribution in [3.8, 4) is 0 Å². The Bertz CT molecular complexity index is 215. The Labute approximate surface area is 77.8 Å². The van der Waals surface area contributed by atoms with Gasteiger partial charge in [-0.25, -0.2) is 0 Å². The highest BCUT2D eigenvalue weighted by atomic mass is 79.9. The second-order valence-electron chi connectivity index (χ2n) is 2.90. The average molecular weight is 215 g/mol. The maximum absolute atomic E-state index is 3.75. The largest absolute Gasteiger partial charge is 0.0847 e. The van der Waals surface area contributed by atoms with E-state index in [0.717, 1.165) is 4.48 Å². The molecule has 0 saturated heterocycles. The average Bonchev–Trinajstić information content (AvgIpc) is 1.84. The Morgan fingerprint density at radius 2 is 1.64 bits per heavy atom. The lowest BCUT2D eigenvalue weighted by molar-refractivity contribution is 1.23. The number of hydrogen-bond donors (Lipinski definition) is 0. The Kier molecular flexibility index (Phi) is 4.43. The van der Waals surface area contributed by atoms with Gasteiger partial charge in [0.15, 0.2) is 0 Å². The van der Waals surface area contributed by atoms with Crippen LogP contribution in [0.1, 0.15) is 27.7 Å². The van der Waals surface area contributed by atoms with Crippen molar-refractivity contribution in [3.63, 3.8) is 0 Å². The quantitative estimate of drug-likeness (QED) is 0.605. The first-order valence-electron chi connectivity index (χ1n) is 3.62. The molecule has 0 heterocycles. The van der Waals surface area contributed by atoms with Gasteiger partial charge in [-0.3, -0.25) is 0 Å². The van der Waals surface area contributed by atoms with Gasteiger partial charge in [0.25, 0.3) is 0 Å². The molecule has 0 saturated carbocycles. The summed E-state index contributed by atoms with van der Waals surface area (Å²) >= 11 is 3.30. The SMILES string of the molecule is C=C(Br)C=C(C)C(C)=C(C)C. The summed E-state index contributed by atoms with van der Waals surface area (Å²) in [7, 11) is 0. The molecule has 0 rings (SSSR count). The van der Waals surface area contributed by atoms with E-state index in [1.54, 1.807) is 0 Å². The van der Waals surface area contributed by atoms with Gasteiger partial charge < -0.3 is 0 Å². The van der Waals surface area contributed by atoms with Gasteiger partial charge in [-0.2, -0.15) is 0 Å². The second-order valence-corrected chi connectivity index (χ2v) is 3.92. The molecule has 0 aromatic heterocycles. The van der Waals surface area contributed by atoms with Crippen LogP contribution in [-0.4, -0.2) is 0 Å². The van der Waals surface area contributed by atoms with E-state index in [1.807, 2.05) is 6.08 Å². The molecular formula is C10H15Br. The molecule has 0 unspecified atom stereocenters. The summed E-state index contributed by atoms with van der Waals surface area (Å²) in [4.78, 5) is 0. The third-order valence-electron chi connectivity index (χ3n) is 1.71. The predicted molar refractivity (Wildman–Crippen MR) is 55.9 cm³/mol. The van der Waals surface area contributed by atoms with Gasteiger partial charge in [0.1, 0.15) is 0 Å². The van der Waals surface area contributed by atoms with Crippen LogP contribution in [0.2, 0.25) is 0 Å². The Hall–Kier alpha value is -0.300. The van der Waals surface area contributed by atoms with E-state index >= 15 is 0 Å².